The van der Waals surface area contributed by atoms with Crippen molar-refractivity contribution in [1.29, 1.82) is 0 Å². The highest BCUT2D eigenvalue weighted by Gasteiger charge is 2.45. The van der Waals surface area contributed by atoms with Gasteiger partial charge in [-0.25, -0.2) is 4.90 Å². The minimum Gasteiger partial charge on any atom is -0.327 e. The lowest BCUT2D eigenvalue weighted by molar-refractivity contribution is -0.140. The number of amides is 3. The molecule has 146 valence electrons. The van der Waals surface area contributed by atoms with Gasteiger partial charge in [0.2, 0.25) is 11.8 Å². The molecule has 0 N–H and O–H groups in total. The van der Waals surface area contributed by atoms with Crippen LogP contribution in [0.15, 0.2) is 54.6 Å². The normalized spacial score (nSPS) is 17.7. The molecule has 2 aromatic rings. The van der Waals surface area contributed by atoms with E-state index < -0.39 is 6.04 Å². The van der Waals surface area contributed by atoms with Gasteiger partial charge in [-0.3, -0.25) is 14.4 Å². The molecule has 1 heterocycles. The summed E-state index contributed by atoms with van der Waals surface area (Å²) in [7, 11) is 0. The lowest BCUT2D eigenvalue weighted by Crippen LogP contribution is -2.50. The predicted molar refractivity (Wildman–Crippen MR) is 117 cm³/mol. The second-order valence-corrected chi connectivity index (χ2v) is 8.23. The Labute approximate surface area is 178 Å². The Balaban J connectivity index is 1.86. The molecule has 0 aromatic heterocycles. The number of carbonyl (C=O) groups excluding carboxylic acids is 3. The van der Waals surface area contributed by atoms with Gasteiger partial charge < -0.3 is 4.90 Å². The van der Waals surface area contributed by atoms with E-state index in [1.54, 1.807) is 17.0 Å². The average molecular weight is 490 g/mol. The van der Waals surface area contributed by atoms with E-state index in [1.807, 2.05) is 56.3 Å². The fourth-order valence-corrected chi connectivity index (χ4v) is 3.84. The van der Waals surface area contributed by atoms with Crippen LogP contribution in [0.4, 0.5) is 5.69 Å². The Morgan fingerprint density at radius 3 is 2.39 bits per heavy atom. The van der Waals surface area contributed by atoms with E-state index >= 15 is 0 Å². The van der Waals surface area contributed by atoms with Crippen LogP contribution in [0.25, 0.3) is 0 Å². The van der Waals surface area contributed by atoms with Crippen molar-refractivity contribution in [2.45, 2.75) is 45.2 Å². The summed E-state index contributed by atoms with van der Waals surface area (Å²) < 4.78 is 1.02. The summed E-state index contributed by atoms with van der Waals surface area (Å²) in [6.07, 6.45) is 0.949. The highest BCUT2D eigenvalue weighted by atomic mass is 127. The summed E-state index contributed by atoms with van der Waals surface area (Å²) in [6, 6.07) is 15.8. The minimum absolute atomic E-state index is 0.0235. The van der Waals surface area contributed by atoms with Gasteiger partial charge in [-0.05, 0) is 65.8 Å². The number of nitrogens with zero attached hydrogens (tertiary/aromatic N) is 2. The van der Waals surface area contributed by atoms with Gasteiger partial charge in [-0.2, -0.15) is 0 Å². The van der Waals surface area contributed by atoms with Crippen LogP contribution >= 0.6 is 22.6 Å². The third-order valence-electron chi connectivity index (χ3n) is 5.10. The van der Waals surface area contributed by atoms with Gasteiger partial charge >= 0.3 is 0 Å². The van der Waals surface area contributed by atoms with Gasteiger partial charge in [0, 0.05) is 9.61 Å². The third-order valence-corrected chi connectivity index (χ3v) is 5.81. The molecule has 2 unspecified atom stereocenters. The number of halogens is 1. The molecule has 3 amide bonds. The van der Waals surface area contributed by atoms with Crippen molar-refractivity contribution in [3.63, 3.8) is 0 Å². The Kier molecular flexibility index (Phi) is 6.49. The summed E-state index contributed by atoms with van der Waals surface area (Å²) >= 11 is 2.18. The maximum absolute atomic E-state index is 13.1. The lowest BCUT2D eigenvalue weighted by Gasteiger charge is -2.33. The summed E-state index contributed by atoms with van der Waals surface area (Å²) in [5, 5.41) is 0. The zero-order valence-corrected chi connectivity index (χ0v) is 18.1. The monoisotopic (exact) mass is 490 g/mol. The molecule has 3 rings (SSSR count). The zero-order chi connectivity index (χ0) is 20.3. The third kappa shape index (κ3) is 4.27. The number of carbonyl (C=O) groups is 3. The van der Waals surface area contributed by atoms with Gasteiger partial charge in [-0.15, -0.1) is 0 Å². The summed E-state index contributed by atoms with van der Waals surface area (Å²) in [4.78, 5) is 41.7. The molecule has 6 heteroatoms. The van der Waals surface area contributed by atoms with E-state index in [-0.39, 0.29) is 36.6 Å². The Hall–Kier alpha value is -2.22. The first-order chi connectivity index (χ1) is 13.4. The fraction of sp³-hybridized carbons (Fsp3) is 0.318. The number of anilines is 1. The predicted octanol–water partition coefficient (Wildman–Crippen LogP) is 3.79. The van der Waals surface area contributed by atoms with Crippen LogP contribution < -0.4 is 4.90 Å². The Bertz CT molecular complexity index is 867. The van der Waals surface area contributed by atoms with Crippen molar-refractivity contribution in [1.82, 2.24) is 4.90 Å². The molecule has 1 aliphatic rings. The molecule has 2 atom stereocenters. The quantitative estimate of drug-likeness (QED) is 0.458. The summed E-state index contributed by atoms with van der Waals surface area (Å²) in [5.74, 6) is -0.721. The molecule has 0 bridgehead atoms. The minimum atomic E-state index is -0.752. The fourth-order valence-electron chi connectivity index (χ4n) is 3.48. The molecule has 5 nitrogen and oxygen atoms in total. The second kappa shape index (κ2) is 8.86. The van der Waals surface area contributed by atoms with Gasteiger partial charge in [0.25, 0.3) is 5.91 Å². The highest BCUT2D eigenvalue weighted by Crippen LogP contribution is 2.28. The highest BCUT2D eigenvalue weighted by molar-refractivity contribution is 14.1. The topological polar surface area (TPSA) is 57.7 Å². The molecule has 0 spiro atoms. The van der Waals surface area contributed by atoms with Gasteiger partial charge in [0.15, 0.2) is 0 Å². The molecule has 0 radical (unpaired) electrons. The molecular formula is C22H23IN2O3. The maximum atomic E-state index is 13.1. The van der Waals surface area contributed by atoms with E-state index in [4.69, 9.17) is 0 Å². The zero-order valence-electron chi connectivity index (χ0n) is 16.0. The SMILES string of the molecule is CCC(C)N(C(=O)Cc1ccccc1)C1CC(=O)N(c2ccc(I)cc2)C1=O. The molecule has 0 aliphatic carbocycles. The van der Waals surface area contributed by atoms with Crippen molar-refractivity contribution in [2.24, 2.45) is 0 Å². The van der Waals surface area contributed by atoms with E-state index in [0.29, 0.717) is 12.1 Å². The Morgan fingerprint density at radius 1 is 1.14 bits per heavy atom. The summed E-state index contributed by atoms with van der Waals surface area (Å²) in [6.45, 7) is 3.90. The number of imide groups is 1. The molecule has 0 saturated carbocycles. The molecule has 28 heavy (non-hydrogen) atoms. The standard InChI is InChI=1S/C22H23IN2O3/c1-3-15(2)24(20(26)13-16-7-5-4-6-8-16)19-14-21(27)25(22(19)28)18-11-9-17(23)10-12-18/h4-12,15,19H,3,13-14H2,1-2H3. The van der Waals surface area contributed by atoms with Crippen molar-refractivity contribution < 1.29 is 14.4 Å². The van der Waals surface area contributed by atoms with E-state index in [9.17, 15) is 14.4 Å². The number of benzene rings is 2. The number of rotatable bonds is 6. The van der Waals surface area contributed by atoms with Crippen LogP contribution in [-0.4, -0.2) is 34.7 Å². The Morgan fingerprint density at radius 2 is 1.79 bits per heavy atom. The second-order valence-electron chi connectivity index (χ2n) is 6.98. The molecule has 1 fully saturated rings. The maximum Gasteiger partial charge on any atom is 0.257 e. The molecule has 1 saturated heterocycles. The lowest BCUT2D eigenvalue weighted by atomic mass is 10.1. The van der Waals surface area contributed by atoms with Gasteiger partial charge in [0.1, 0.15) is 6.04 Å². The first-order valence-corrected chi connectivity index (χ1v) is 10.5. The van der Waals surface area contributed by atoms with Crippen molar-refractivity contribution in [3.05, 3.63) is 63.7 Å². The van der Waals surface area contributed by atoms with Gasteiger partial charge in [0.05, 0.1) is 18.5 Å². The van der Waals surface area contributed by atoms with E-state index in [1.165, 1.54) is 4.90 Å². The van der Waals surface area contributed by atoms with Crippen molar-refractivity contribution in [2.75, 3.05) is 4.90 Å². The number of hydrogen-bond acceptors (Lipinski definition) is 3. The van der Waals surface area contributed by atoms with Crippen LogP contribution in [-0.2, 0) is 20.8 Å². The van der Waals surface area contributed by atoms with Crippen LogP contribution in [0.1, 0.15) is 32.3 Å². The summed E-state index contributed by atoms with van der Waals surface area (Å²) in [5.41, 5.74) is 1.45. The first-order valence-electron chi connectivity index (χ1n) is 9.39. The molecule has 2 aromatic carbocycles. The average Bonchev–Trinajstić information content (AvgIpc) is 2.97. The smallest absolute Gasteiger partial charge is 0.257 e. The largest absolute Gasteiger partial charge is 0.327 e. The molecular weight excluding hydrogens is 467 g/mol. The van der Waals surface area contributed by atoms with E-state index in [0.717, 1.165) is 9.13 Å². The van der Waals surface area contributed by atoms with E-state index in [2.05, 4.69) is 22.6 Å². The van der Waals surface area contributed by atoms with Crippen molar-refractivity contribution in [3.8, 4) is 0 Å². The van der Waals surface area contributed by atoms with Crippen molar-refractivity contribution >= 4 is 46.0 Å². The van der Waals surface area contributed by atoms with Crippen LogP contribution in [0.2, 0.25) is 0 Å². The van der Waals surface area contributed by atoms with Crippen LogP contribution in [0.5, 0.6) is 0 Å². The number of hydrogen-bond donors (Lipinski definition) is 0. The van der Waals surface area contributed by atoms with Gasteiger partial charge in [-0.1, -0.05) is 37.3 Å². The first kappa shape index (κ1) is 20.5. The van der Waals surface area contributed by atoms with Crippen LogP contribution in [0.3, 0.4) is 0 Å². The van der Waals surface area contributed by atoms with Crippen LogP contribution in [0, 0.1) is 3.57 Å². The molecule has 1 aliphatic heterocycles.